The minimum Gasteiger partial charge on any atom is -0.316 e. The standard InChI is InChI=1S/C11H14ClN3O/c12-9-4-1-5-10(14-9)15-11(16)8-3-2-6-13-7-8/h1,4-5,8,13H,2-3,6-7H2,(H,14,15,16)/t8-/m1/s1. The summed E-state index contributed by atoms with van der Waals surface area (Å²) in [4.78, 5) is 15.9. The lowest BCUT2D eigenvalue weighted by Crippen LogP contribution is -2.37. The Bertz CT molecular complexity index is 377. The Morgan fingerprint density at radius 2 is 2.44 bits per heavy atom. The lowest BCUT2D eigenvalue weighted by Gasteiger charge is -2.21. The smallest absolute Gasteiger partial charge is 0.229 e. The summed E-state index contributed by atoms with van der Waals surface area (Å²) in [5, 5.41) is 6.37. The van der Waals surface area contributed by atoms with Gasteiger partial charge in [-0.15, -0.1) is 0 Å². The van der Waals surface area contributed by atoms with Gasteiger partial charge in [0.15, 0.2) is 0 Å². The quantitative estimate of drug-likeness (QED) is 0.772. The maximum absolute atomic E-state index is 11.8. The fraction of sp³-hybridized carbons (Fsp3) is 0.455. The Labute approximate surface area is 99.4 Å². The normalized spacial score (nSPS) is 20.4. The number of amides is 1. The number of rotatable bonds is 2. The summed E-state index contributed by atoms with van der Waals surface area (Å²) in [7, 11) is 0. The predicted molar refractivity (Wildman–Crippen MR) is 63.5 cm³/mol. The molecule has 1 aliphatic heterocycles. The first kappa shape index (κ1) is 11.4. The molecule has 1 saturated heterocycles. The Morgan fingerprint density at radius 1 is 1.56 bits per heavy atom. The molecule has 0 aliphatic carbocycles. The van der Waals surface area contributed by atoms with Gasteiger partial charge < -0.3 is 10.6 Å². The van der Waals surface area contributed by atoms with Crippen LogP contribution < -0.4 is 10.6 Å². The number of anilines is 1. The average Bonchev–Trinajstić information content (AvgIpc) is 2.30. The van der Waals surface area contributed by atoms with Gasteiger partial charge in [0, 0.05) is 6.54 Å². The van der Waals surface area contributed by atoms with Crippen molar-refractivity contribution in [1.29, 1.82) is 0 Å². The lowest BCUT2D eigenvalue weighted by molar-refractivity contribution is -0.120. The zero-order valence-electron chi connectivity index (χ0n) is 8.87. The summed E-state index contributed by atoms with van der Waals surface area (Å²) in [5.41, 5.74) is 0. The van der Waals surface area contributed by atoms with Crippen LogP contribution in [0.4, 0.5) is 5.82 Å². The number of hydrogen-bond donors (Lipinski definition) is 2. The summed E-state index contributed by atoms with van der Waals surface area (Å²) in [6, 6.07) is 5.18. The minimum atomic E-state index is 0.0157. The molecule has 0 radical (unpaired) electrons. The summed E-state index contributed by atoms with van der Waals surface area (Å²) in [6.07, 6.45) is 1.97. The summed E-state index contributed by atoms with van der Waals surface area (Å²) >= 11 is 5.74. The zero-order chi connectivity index (χ0) is 11.4. The number of carbonyl (C=O) groups is 1. The van der Waals surface area contributed by atoms with Crippen LogP contribution >= 0.6 is 11.6 Å². The summed E-state index contributed by atoms with van der Waals surface area (Å²) < 4.78 is 0. The highest BCUT2D eigenvalue weighted by molar-refractivity contribution is 6.29. The number of nitrogens with one attached hydrogen (secondary N) is 2. The molecule has 86 valence electrons. The van der Waals surface area contributed by atoms with E-state index in [1.165, 1.54) is 0 Å². The predicted octanol–water partition coefficient (Wildman–Crippen LogP) is 1.67. The molecule has 1 aromatic rings. The number of piperidine rings is 1. The molecule has 1 amide bonds. The molecule has 2 rings (SSSR count). The first-order valence-corrected chi connectivity index (χ1v) is 5.77. The van der Waals surface area contributed by atoms with Crippen LogP contribution in [-0.4, -0.2) is 24.0 Å². The van der Waals surface area contributed by atoms with E-state index in [-0.39, 0.29) is 11.8 Å². The Hall–Kier alpha value is -1.13. The number of aromatic nitrogens is 1. The molecule has 1 aliphatic rings. The molecule has 2 N–H and O–H groups in total. The molecule has 16 heavy (non-hydrogen) atoms. The summed E-state index contributed by atoms with van der Waals surface area (Å²) in [6.45, 7) is 1.74. The van der Waals surface area contributed by atoms with Crippen LogP contribution in [0.15, 0.2) is 18.2 Å². The van der Waals surface area contributed by atoms with Crippen molar-refractivity contribution >= 4 is 23.3 Å². The van der Waals surface area contributed by atoms with Gasteiger partial charge in [0.2, 0.25) is 5.91 Å². The van der Waals surface area contributed by atoms with Gasteiger partial charge in [-0.05, 0) is 31.5 Å². The fourth-order valence-electron chi connectivity index (χ4n) is 1.78. The van der Waals surface area contributed by atoms with Crippen molar-refractivity contribution < 1.29 is 4.79 Å². The largest absolute Gasteiger partial charge is 0.316 e. The number of halogens is 1. The van der Waals surface area contributed by atoms with E-state index in [4.69, 9.17) is 11.6 Å². The van der Waals surface area contributed by atoms with Crippen LogP contribution in [0, 0.1) is 5.92 Å². The zero-order valence-corrected chi connectivity index (χ0v) is 9.63. The van der Waals surface area contributed by atoms with Gasteiger partial charge in [-0.1, -0.05) is 17.7 Å². The number of carbonyl (C=O) groups excluding carboxylic acids is 1. The van der Waals surface area contributed by atoms with E-state index in [1.54, 1.807) is 18.2 Å². The topological polar surface area (TPSA) is 54.0 Å². The molecule has 1 aromatic heterocycles. The average molecular weight is 240 g/mol. The molecule has 0 unspecified atom stereocenters. The Balaban J connectivity index is 1.96. The molecule has 0 aromatic carbocycles. The minimum absolute atomic E-state index is 0.0157. The van der Waals surface area contributed by atoms with Crippen molar-refractivity contribution in [2.45, 2.75) is 12.8 Å². The molecule has 0 spiro atoms. The van der Waals surface area contributed by atoms with Crippen LogP contribution in [-0.2, 0) is 4.79 Å². The SMILES string of the molecule is O=C(Nc1cccc(Cl)n1)[C@@H]1CCCNC1. The van der Waals surface area contributed by atoms with Crippen LogP contribution in [0.2, 0.25) is 5.15 Å². The first-order chi connectivity index (χ1) is 7.75. The van der Waals surface area contributed by atoms with Gasteiger partial charge in [0.1, 0.15) is 11.0 Å². The van der Waals surface area contributed by atoms with Crippen molar-refractivity contribution in [2.75, 3.05) is 18.4 Å². The van der Waals surface area contributed by atoms with Gasteiger partial charge in [0.05, 0.1) is 5.92 Å². The number of hydrogen-bond acceptors (Lipinski definition) is 3. The second-order valence-electron chi connectivity index (χ2n) is 3.88. The van der Waals surface area contributed by atoms with Crippen LogP contribution in [0.3, 0.4) is 0 Å². The molecular weight excluding hydrogens is 226 g/mol. The molecule has 5 heteroatoms. The molecule has 1 fully saturated rings. The second-order valence-corrected chi connectivity index (χ2v) is 4.27. The van der Waals surface area contributed by atoms with Crippen molar-refractivity contribution in [3.8, 4) is 0 Å². The molecule has 0 saturated carbocycles. The van der Waals surface area contributed by atoms with Crippen molar-refractivity contribution in [3.05, 3.63) is 23.4 Å². The van der Waals surface area contributed by atoms with E-state index >= 15 is 0 Å². The highest BCUT2D eigenvalue weighted by Crippen LogP contribution is 2.14. The van der Waals surface area contributed by atoms with E-state index in [2.05, 4.69) is 15.6 Å². The number of nitrogens with zero attached hydrogens (tertiary/aromatic N) is 1. The molecule has 0 bridgehead atoms. The van der Waals surface area contributed by atoms with Crippen molar-refractivity contribution in [1.82, 2.24) is 10.3 Å². The van der Waals surface area contributed by atoms with Gasteiger partial charge in [0.25, 0.3) is 0 Å². The maximum Gasteiger partial charge on any atom is 0.229 e. The van der Waals surface area contributed by atoms with Gasteiger partial charge >= 0.3 is 0 Å². The highest BCUT2D eigenvalue weighted by atomic mass is 35.5. The fourth-order valence-corrected chi connectivity index (χ4v) is 1.95. The molecule has 4 nitrogen and oxygen atoms in total. The Kier molecular flexibility index (Phi) is 3.74. The van der Waals surface area contributed by atoms with Gasteiger partial charge in [-0.2, -0.15) is 0 Å². The van der Waals surface area contributed by atoms with E-state index in [9.17, 15) is 4.79 Å². The van der Waals surface area contributed by atoms with Crippen LogP contribution in [0.1, 0.15) is 12.8 Å². The van der Waals surface area contributed by atoms with Crippen molar-refractivity contribution in [3.63, 3.8) is 0 Å². The van der Waals surface area contributed by atoms with Gasteiger partial charge in [-0.3, -0.25) is 4.79 Å². The van der Waals surface area contributed by atoms with Crippen LogP contribution in [0.25, 0.3) is 0 Å². The van der Waals surface area contributed by atoms with Gasteiger partial charge in [-0.25, -0.2) is 4.98 Å². The van der Waals surface area contributed by atoms with E-state index < -0.39 is 0 Å². The first-order valence-electron chi connectivity index (χ1n) is 5.40. The lowest BCUT2D eigenvalue weighted by atomic mass is 9.99. The third kappa shape index (κ3) is 2.93. The highest BCUT2D eigenvalue weighted by Gasteiger charge is 2.20. The van der Waals surface area contributed by atoms with Crippen molar-refractivity contribution in [2.24, 2.45) is 5.92 Å². The monoisotopic (exact) mass is 239 g/mol. The van der Waals surface area contributed by atoms with E-state index in [0.717, 1.165) is 25.9 Å². The summed E-state index contributed by atoms with van der Waals surface area (Å²) in [5.74, 6) is 0.569. The second kappa shape index (κ2) is 5.27. The number of pyridine rings is 1. The third-order valence-electron chi connectivity index (χ3n) is 2.63. The Morgan fingerprint density at radius 3 is 3.12 bits per heavy atom. The van der Waals surface area contributed by atoms with E-state index in [0.29, 0.717) is 11.0 Å². The maximum atomic E-state index is 11.8. The molecule has 2 heterocycles. The van der Waals surface area contributed by atoms with Crippen LogP contribution in [0.5, 0.6) is 0 Å². The molecule has 1 atom stereocenters. The van der Waals surface area contributed by atoms with E-state index in [1.807, 2.05) is 0 Å². The molecular formula is C11H14ClN3O. The third-order valence-corrected chi connectivity index (χ3v) is 2.84.